The van der Waals surface area contributed by atoms with E-state index in [1.54, 1.807) is 13.8 Å². The summed E-state index contributed by atoms with van der Waals surface area (Å²) in [5, 5.41) is 0. The summed E-state index contributed by atoms with van der Waals surface area (Å²) in [7, 11) is -2.53. The van der Waals surface area contributed by atoms with Gasteiger partial charge in [0.2, 0.25) is 6.08 Å². The van der Waals surface area contributed by atoms with Crippen LogP contribution in [0.1, 0.15) is 26.7 Å². The van der Waals surface area contributed by atoms with Gasteiger partial charge in [0.05, 0.1) is 0 Å². The Hall–Kier alpha value is -1.46. The molecule has 0 amide bonds. The minimum absolute atomic E-state index is 0.0824. The molecule has 0 spiro atoms. The van der Waals surface area contributed by atoms with Crippen molar-refractivity contribution in [2.24, 2.45) is 4.99 Å². The second-order valence-electron chi connectivity index (χ2n) is 2.55. The second kappa shape index (κ2) is 7.90. The molecule has 0 N–H and O–H groups in total. The number of hydrogen-bond acceptors (Lipinski definition) is 6. The lowest BCUT2D eigenvalue weighted by molar-refractivity contribution is -0.139. The predicted molar refractivity (Wildman–Crippen MR) is 52.9 cm³/mol. The van der Waals surface area contributed by atoms with Gasteiger partial charge in [-0.25, -0.2) is 9.79 Å². The highest BCUT2D eigenvalue weighted by Gasteiger charge is 2.21. The first-order valence-corrected chi connectivity index (χ1v) is 6.32. The normalized spacial score (nSPS) is 9.27. The van der Waals surface area contributed by atoms with E-state index in [0.29, 0.717) is 0 Å². The molecule has 0 radical (unpaired) electrons. The van der Waals surface area contributed by atoms with Crippen molar-refractivity contribution in [2.45, 2.75) is 26.7 Å². The highest BCUT2D eigenvalue weighted by molar-refractivity contribution is 6.49. The van der Waals surface area contributed by atoms with E-state index in [1.807, 2.05) is 0 Å². The maximum absolute atomic E-state index is 10.9. The molecule has 0 aliphatic heterocycles. The molecule has 0 unspecified atom stereocenters. The number of nitrogens with zero attached hydrogens (tertiary/aromatic N) is 1. The Morgan fingerprint density at radius 1 is 1.20 bits per heavy atom. The molecule has 6 nitrogen and oxygen atoms in total. The Kier molecular flexibility index (Phi) is 7.13. The van der Waals surface area contributed by atoms with Crippen LogP contribution in [-0.2, 0) is 23.2 Å². The third-order valence-electron chi connectivity index (χ3n) is 1.41. The largest absolute Gasteiger partial charge is 0.486 e. The molecule has 0 aromatic heterocycles. The van der Waals surface area contributed by atoms with Crippen molar-refractivity contribution < 1.29 is 23.2 Å². The Labute approximate surface area is 89.1 Å². The van der Waals surface area contributed by atoms with Crippen LogP contribution in [0, 0.1) is 0 Å². The highest BCUT2D eigenvalue weighted by Crippen LogP contribution is 1.97. The van der Waals surface area contributed by atoms with Crippen molar-refractivity contribution in [3.8, 4) is 0 Å². The van der Waals surface area contributed by atoms with Crippen LogP contribution < -0.4 is 0 Å². The lowest BCUT2D eigenvalue weighted by atomic mass is 10.5. The van der Waals surface area contributed by atoms with Gasteiger partial charge in [-0.3, -0.25) is 9.59 Å². The van der Waals surface area contributed by atoms with Crippen molar-refractivity contribution >= 4 is 27.3 Å². The van der Waals surface area contributed by atoms with E-state index in [2.05, 4.69) is 4.99 Å². The van der Waals surface area contributed by atoms with Gasteiger partial charge in [-0.05, 0) is 0 Å². The molecule has 0 bridgehead atoms. The van der Waals surface area contributed by atoms with Gasteiger partial charge < -0.3 is 8.85 Å². The SMILES string of the molecule is CCC(=O)O[SiH](CN=C=O)OC(=O)CC. The van der Waals surface area contributed by atoms with Crippen LogP contribution in [0.15, 0.2) is 4.99 Å². The van der Waals surface area contributed by atoms with E-state index in [9.17, 15) is 14.4 Å². The molecule has 0 aliphatic carbocycles. The highest BCUT2D eigenvalue weighted by atomic mass is 28.3. The van der Waals surface area contributed by atoms with E-state index in [-0.39, 0.29) is 19.0 Å². The fourth-order valence-electron chi connectivity index (χ4n) is 0.670. The molecule has 84 valence electrons. The molecule has 0 saturated heterocycles. The van der Waals surface area contributed by atoms with Crippen molar-refractivity contribution in [3.05, 3.63) is 0 Å². The average Bonchev–Trinajstić information content (AvgIpc) is 2.25. The molecule has 0 aromatic carbocycles. The van der Waals surface area contributed by atoms with Crippen molar-refractivity contribution in [1.82, 2.24) is 0 Å². The van der Waals surface area contributed by atoms with Gasteiger partial charge in [0, 0.05) is 12.8 Å². The minimum Gasteiger partial charge on any atom is -0.486 e. The smallest absolute Gasteiger partial charge is 0.471 e. The molecule has 0 heterocycles. The van der Waals surface area contributed by atoms with Crippen LogP contribution >= 0.6 is 0 Å². The van der Waals surface area contributed by atoms with Crippen molar-refractivity contribution in [3.63, 3.8) is 0 Å². The molecule has 0 atom stereocenters. The first-order valence-electron chi connectivity index (χ1n) is 4.56. The van der Waals surface area contributed by atoms with Crippen LogP contribution in [0.25, 0.3) is 0 Å². The third kappa shape index (κ3) is 6.59. The third-order valence-corrected chi connectivity index (χ3v) is 2.94. The molecule has 0 saturated carbocycles. The van der Waals surface area contributed by atoms with Gasteiger partial charge in [-0.15, -0.1) is 0 Å². The number of carbonyl (C=O) groups excluding carboxylic acids is 3. The summed E-state index contributed by atoms with van der Waals surface area (Å²) < 4.78 is 9.72. The molecule has 0 fully saturated rings. The molecule has 0 aliphatic rings. The quantitative estimate of drug-likeness (QED) is 0.365. The number of rotatable bonds is 6. The van der Waals surface area contributed by atoms with Crippen LogP contribution in [-0.4, -0.2) is 33.5 Å². The topological polar surface area (TPSA) is 82.0 Å². The van der Waals surface area contributed by atoms with Crippen molar-refractivity contribution in [1.29, 1.82) is 0 Å². The molecule has 15 heavy (non-hydrogen) atoms. The van der Waals surface area contributed by atoms with Gasteiger partial charge in [0.15, 0.2) is 0 Å². The second-order valence-corrected chi connectivity index (χ2v) is 4.24. The zero-order chi connectivity index (χ0) is 11.7. The number of isocyanates is 1. The monoisotopic (exact) mass is 231 g/mol. The minimum atomic E-state index is -2.53. The summed E-state index contributed by atoms with van der Waals surface area (Å²) in [6.45, 7) is 3.25. The van der Waals surface area contributed by atoms with Gasteiger partial charge in [0.1, 0.15) is 6.17 Å². The molecule has 7 heteroatoms. The molecular weight excluding hydrogens is 218 g/mol. The number of carbonyl (C=O) groups is 2. The number of hydrogen-bond donors (Lipinski definition) is 0. The Balaban J connectivity index is 4.23. The van der Waals surface area contributed by atoms with Crippen LogP contribution in [0.3, 0.4) is 0 Å². The number of aliphatic imine (C=N–C) groups is 1. The lowest BCUT2D eigenvalue weighted by Gasteiger charge is -2.13. The lowest BCUT2D eigenvalue weighted by Crippen LogP contribution is -2.32. The van der Waals surface area contributed by atoms with E-state index < -0.39 is 21.2 Å². The summed E-state index contributed by atoms with van der Waals surface area (Å²) in [6, 6.07) is 0. The fourth-order valence-corrected chi connectivity index (χ4v) is 2.01. The van der Waals surface area contributed by atoms with Crippen LogP contribution in [0.2, 0.25) is 0 Å². The fraction of sp³-hybridized carbons (Fsp3) is 0.625. The molecule has 0 aromatic rings. The van der Waals surface area contributed by atoms with E-state index in [1.165, 1.54) is 6.08 Å². The summed E-state index contributed by atoms with van der Waals surface area (Å²) in [5.41, 5.74) is 0. The average molecular weight is 231 g/mol. The Bertz CT molecular complexity index is 256. The summed E-state index contributed by atoms with van der Waals surface area (Å²) in [5.74, 6) is -0.923. The zero-order valence-corrected chi connectivity index (χ0v) is 9.84. The Morgan fingerprint density at radius 3 is 2.00 bits per heavy atom. The van der Waals surface area contributed by atoms with Crippen LogP contribution in [0.4, 0.5) is 0 Å². The predicted octanol–water partition coefficient (Wildman–Crippen LogP) is -0.0117. The van der Waals surface area contributed by atoms with Crippen LogP contribution in [0.5, 0.6) is 0 Å². The standard InChI is InChI=1S/C8H13NO5Si/c1-3-7(11)13-15(6-9-5-10)14-8(12)4-2/h15H,3-4,6H2,1-2H3. The van der Waals surface area contributed by atoms with Gasteiger partial charge in [0.25, 0.3) is 11.9 Å². The van der Waals surface area contributed by atoms with Crippen molar-refractivity contribution in [2.75, 3.05) is 6.17 Å². The van der Waals surface area contributed by atoms with Gasteiger partial charge in [-0.2, -0.15) is 0 Å². The van der Waals surface area contributed by atoms with E-state index in [0.717, 1.165) is 0 Å². The summed E-state index contributed by atoms with van der Waals surface area (Å²) in [4.78, 5) is 35.0. The molecule has 0 rings (SSSR count). The summed E-state index contributed by atoms with van der Waals surface area (Å²) >= 11 is 0. The summed E-state index contributed by atoms with van der Waals surface area (Å²) in [6.07, 6.45) is 1.61. The van der Waals surface area contributed by atoms with Gasteiger partial charge in [-0.1, -0.05) is 13.8 Å². The molecular formula is C8H13NO5Si. The zero-order valence-electron chi connectivity index (χ0n) is 8.69. The first-order chi connectivity index (χ1) is 7.13. The van der Waals surface area contributed by atoms with E-state index >= 15 is 0 Å². The van der Waals surface area contributed by atoms with Gasteiger partial charge >= 0.3 is 9.28 Å². The maximum atomic E-state index is 10.9. The van der Waals surface area contributed by atoms with E-state index in [4.69, 9.17) is 8.85 Å². The maximum Gasteiger partial charge on any atom is 0.471 e. The Morgan fingerprint density at radius 2 is 1.67 bits per heavy atom. The first kappa shape index (κ1) is 13.5.